The van der Waals surface area contributed by atoms with E-state index in [-0.39, 0.29) is 27.9 Å². The van der Waals surface area contributed by atoms with E-state index in [1.807, 2.05) is 0 Å². The molecule has 0 aliphatic heterocycles. The Hall–Kier alpha value is -2.12. The molecule has 0 aliphatic rings. The SMILES string of the molecule is Cc1c(N=[N+]=[N-])c(C)c(S(=O)(=O)F)c(C)c1C(=O)O. The predicted molar refractivity (Wildman–Crippen MR) is 64.7 cm³/mol. The van der Waals surface area contributed by atoms with Crippen LogP contribution in [-0.4, -0.2) is 19.5 Å². The van der Waals surface area contributed by atoms with Crippen LogP contribution in [0.15, 0.2) is 10.0 Å². The molecule has 19 heavy (non-hydrogen) atoms. The first kappa shape index (κ1) is 14.9. The van der Waals surface area contributed by atoms with Gasteiger partial charge in [-0.05, 0) is 43.0 Å². The number of azide groups is 1. The molecule has 0 atom stereocenters. The van der Waals surface area contributed by atoms with Crippen LogP contribution in [0.5, 0.6) is 0 Å². The van der Waals surface area contributed by atoms with Crippen molar-refractivity contribution in [1.29, 1.82) is 0 Å². The molecule has 0 aromatic heterocycles. The van der Waals surface area contributed by atoms with Crippen molar-refractivity contribution in [3.8, 4) is 0 Å². The van der Waals surface area contributed by atoms with Crippen molar-refractivity contribution in [2.24, 2.45) is 5.11 Å². The molecule has 1 rings (SSSR count). The van der Waals surface area contributed by atoms with E-state index in [0.717, 1.165) is 0 Å². The van der Waals surface area contributed by atoms with Crippen LogP contribution >= 0.6 is 0 Å². The lowest BCUT2D eigenvalue weighted by atomic mass is 9.97. The highest BCUT2D eigenvalue weighted by Crippen LogP contribution is 2.36. The number of hydrogen-bond acceptors (Lipinski definition) is 4. The number of carbonyl (C=O) groups is 1. The van der Waals surface area contributed by atoms with Crippen molar-refractivity contribution in [3.63, 3.8) is 0 Å². The van der Waals surface area contributed by atoms with Gasteiger partial charge in [0, 0.05) is 10.6 Å². The zero-order valence-electron chi connectivity index (χ0n) is 10.3. The van der Waals surface area contributed by atoms with Gasteiger partial charge in [0.1, 0.15) is 4.90 Å². The van der Waals surface area contributed by atoms with Gasteiger partial charge in [0.15, 0.2) is 0 Å². The second-order valence-electron chi connectivity index (χ2n) is 3.86. The quantitative estimate of drug-likeness (QED) is 0.397. The number of carboxylic acids is 1. The number of halogens is 1. The molecule has 0 spiro atoms. The largest absolute Gasteiger partial charge is 0.478 e. The monoisotopic (exact) mass is 287 g/mol. The molecule has 0 bridgehead atoms. The van der Waals surface area contributed by atoms with Crippen LogP contribution in [-0.2, 0) is 10.2 Å². The molecule has 0 radical (unpaired) electrons. The zero-order chi connectivity index (χ0) is 15.0. The summed E-state index contributed by atoms with van der Waals surface area (Å²) in [7, 11) is -5.12. The van der Waals surface area contributed by atoms with Crippen molar-refractivity contribution < 1.29 is 22.2 Å². The summed E-state index contributed by atoms with van der Waals surface area (Å²) in [6.07, 6.45) is 0. The molecule has 1 aromatic rings. The third-order valence-electron chi connectivity index (χ3n) is 2.74. The third kappa shape index (κ3) is 2.51. The Morgan fingerprint density at radius 3 is 2.16 bits per heavy atom. The fourth-order valence-corrected chi connectivity index (χ4v) is 2.99. The number of benzene rings is 1. The normalized spacial score (nSPS) is 10.9. The van der Waals surface area contributed by atoms with E-state index in [4.69, 9.17) is 10.6 Å². The van der Waals surface area contributed by atoms with Gasteiger partial charge in [0.2, 0.25) is 0 Å². The van der Waals surface area contributed by atoms with Crippen LogP contribution in [0, 0.1) is 20.8 Å². The molecule has 0 heterocycles. The van der Waals surface area contributed by atoms with Crippen LogP contribution in [0.3, 0.4) is 0 Å². The first-order chi connectivity index (χ1) is 8.62. The summed E-state index contributed by atoms with van der Waals surface area (Å²) in [4.78, 5) is 12.9. The summed E-state index contributed by atoms with van der Waals surface area (Å²) < 4.78 is 35.5. The van der Waals surface area contributed by atoms with E-state index in [9.17, 15) is 17.1 Å². The minimum Gasteiger partial charge on any atom is -0.478 e. The smallest absolute Gasteiger partial charge is 0.336 e. The lowest BCUT2D eigenvalue weighted by molar-refractivity contribution is 0.0695. The lowest BCUT2D eigenvalue weighted by Crippen LogP contribution is -2.10. The Bertz CT molecular complexity index is 692. The number of rotatable bonds is 3. The molecule has 0 amide bonds. The van der Waals surface area contributed by atoms with Crippen molar-refractivity contribution in [2.75, 3.05) is 0 Å². The van der Waals surface area contributed by atoms with Gasteiger partial charge < -0.3 is 5.11 Å². The Kier molecular flexibility index (Phi) is 3.83. The van der Waals surface area contributed by atoms with Gasteiger partial charge in [-0.25, -0.2) is 4.79 Å². The molecule has 0 saturated carbocycles. The molecular formula is C10H10FN3O4S. The highest BCUT2D eigenvalue weighted by atomic mass is 32.3. The van der Waals surface area contributed by atoms with Gasteiger partial charge in [0.05, 0.1) is 5.56 Å². The maximum atomic E-state index is 13.3. The average Bonchev–Trinajstić information content (AvgIpc) is 2.21. The van der Waals surface area contributed by atoms with Crippen molar-refractivity contribution in [1.82, 2.24) is 0 Å². The standard InChI is InChI=1S/C10H10FN3O4S/c1-4-7(10(15)16)5(2)9(19(11,17)18)6(3)8(4)13-14-12/h1-3H3,(H,15,16). The second-order valence-corrected chi connectivity index (χ2v) is 5.14. The van der Waals surface area contributed by atoms with Crippen LogP contribution < -0.4 is 0 Å². The predicted octanol–water partition coefficient (Wildman–Crippen LogP) is 2.91. The molecule has 1 N–H and O–H groups in total. The third-order valence-corrected chi connectivity index (χ3v) is 3.84. The summed E-state index contributed by atoms with van der Waals surface area (Å²) in [5.74, 6) is -1.42. The molecule has 102 valence electrons. The summed E-state index contributed by atoms with van der Waals surface area (Å²) >= 11 is 0. The van der Waals surface area contributed by atoms with E-state index >= 15 is 0 Å². The molecule has 0 saturated heterocycles. The molecule has 0 aliphatic carbocycles. The highest BCUT2D eigenvalue weighted by Gasteiger charge is 2.27. The minimum absolute atomic E-state index is 0.0905. The first-order valence-electron chi connectivity index (χ1n) is 4.99. The van der Waals surface area contributed by atoms with E-state index in [2.05, 4.69) is 10.0 Å². The fraction of sp³-hybridized carbons (Fsp3) is 0.300. The Labute approximate surface area is 108 Å². The molecule has 0 fully saturated rings. The molecule has 0 unspecified atom stereocenters. The zero-order valence-corrected chi connectivity index (χ0v) is 11.1. The summed E-state index contributed by atoms with van der Waals surface area (Å²) in [5.41, 5.74) is 7.61. The van der Waals surface area contributed by atoms with Crippen molar-refractivity contribution in [3.05, 3.63) is 32.7 Å². The van der Waals surface area contributed by atoms with Gasteiger partial charge in [-0.3, -0.25) is 0 Å². The molecule has 1 aromatic carbocycles. The first-order valence-corrected chi connectivity index (χ1v) is 6.38. The van der Waals surface area contributed by atoms with Gasteiger partial charge in [-0.1, -0.05) is 5.11 Å². The van der Waals surface area contributed by atoms with Gasteiger partial charge in [-0.2, -0.15) is 8.42 Å². The minimum atomic E-state index is -5.12. The van der Waals surface area contributed by atoms with Crippen LogP contribution in [0.2, 0.25) is 0 Å². The molecule has 7 nitrogen and oxygen atoms in total. The van der Waals surface area contributed by atoms with E-state index in [1.165, 1.54) is 20.8 Å². The summed E-state index contributed by atoms with van der Waals surface area (Å²) in [6.45, 7) is 3.81. The van der Waals surface area contributed by atoms with Crippen LogP contribution in [0.4, 0.5) is 9.57 Å². The average molecular weight is 287 g/mol. The van der Waals surface area contributed by atoms with Gasteiger partial charge in [0.25, 0.3) is 0 Å². The van der Waals surface area contributed by atoms with E-state index < -0.39 is 21.1 Å². The maximum absolute atomic E-state index is 13.3. The maximum Gasteiger partial charge on any atom is 0.336 e. The van der Waals surface area contributed by atoms with Crippen molar-refractivity contribution in [2.45, 2.75) is 25.7 Å². The summed E-state index contributed by atoms with van der Waals surface area (Å²) in [5, 5.41) is 12.3. The fourth-order valence-electron chi connectivity index (χ4n) is 2.06. The van der Waals surface area contributed by atoms with E-state index in [0.29, 0.717) is 0 Å². The second kappa shape index (κ2) is 4.87. The Morgan fingerprint density at radius 1 is 1.26 bits per heavy atom. The Balaban J connectivity index is 4.08. The van der Waals surface area contributed by atoms with Gasteiger partial charge in [-0.15, -0.1) is 3.89 Å². The number of aromatic carboxylic acids is 1. The van der Waals surface area contributed by atoms with Crippen LogP contribution in [0.1, 0.15) is 27.0 Å². The molecule has 9 heteroatoms. The topological polar surface area (TPSA) is 120 Å². The lowest BCUT2D eigenvalue weighted by Gasteiger charge is -2.15. The number of carboxylic acid groups (broad SMARTS) is 1. The van der Waals surface area contributed by atoms with Crippen molar-refractivity contribution >= 4 is 21.9 Å². The number of hydrogen-bond donors (Lipinski definition) is 1. The Morgan fingerprint density at radius 2 is 1.79 bits per heavy atom. The van der Waals surface area contributed by atoms with Gasteiger partial charge >= 0.3 is 16.2 Å². The number of nitrogens with zero attached hydrogens (tertiary/aromatic N) is 3. The molecular weight excluding hydrogens is 277 g/mol. The van der Waals surface area contributed by atoms with Crippen LogP contribution in [0.25, 0.3) is 10.4 Å². The van der Waals surface area contributed by atoms with E-state index in [1.54, 1.807) is 0 Å². The summed E-state index contributed by atoms with van der Waals surface area (Å²) in [6, 6.07) is 0. The highest BCUT2D eigenvalue weighted by molar-refractivity contribution is 7.86.